The van der Waals surface area contributed by atoms with Crippen molar-refractivity contribution in [3.63, 3.8) is 0 Å². The van der Waals surface area contributed by atoms with Crippen molar-refractivity contribution in [1.29, 1.82) is 0 Å². The third-order valence-electron chi connectivity index (χ3n) is 3.88. The van der Waals surface area contributed by atoms with Crippen LogP contribution in [0.25, 0.3) is 0 Å². The molecule has 1 aliphatic carbocycles. The Labute approximate surface area is 115 Å². The summed E-state index contributed by atoms with van der Waals surface area (Å²) in [6, 6.07) is 0.378. The largest absolute Gasteiger partial charge is 0.481 e. The van der Waals surface area contributed by atoms with Crippen molar-refractivity contribution < 1.29 is 14.7 Å². The molecule has 5 nitrogen and oxygen atoms in total. The summed E-state index contributed by atoms with van der Waals surface area (Å²) in [4.78, 5) is 26.6. The van der Waals surface area contributed by atoms with Crippen LogP contribution in [0.15, 0.2) is 0 Å². The van der Waals surface area contributed by atoms with Crippen molar-refractivity contribution in [2.24, 2.45) is 5.92 Å². The molecule has 0 spiro atoms. The van der Waals surface area contributed by atoms with E-state index >= 15 is 0 Å². The lowest BCUT2D eigenvalue weighted by Crippen LogP contribution is -2.48. The molecule has 1 rings (SSSR count). The van der Waals surface area contributed by atoms with Gasteiger partial charge in [0.2, 0.25) is 0 Å². The maximum atomic E-state index is 12.4. The first-order chi connectivity index (χ1) is 8.84. The molecule has 0 aliphatic heterocycles. The monoisotopic (exact) mass is 270 g/mol. The van der Waals surface area contributed by atoms with Crippen molar-refractivity contribution >= 4 is 12.0 Å². The van der Waals surface area contributed by atoms with Crippen molar-refractivity contribution in [3.8, 4) is 0 Å². The van der Waals surface area contributed by atoms with E-state index in [0.717, 1.165) is 0 Å². The SMILES string of the molecule is CC(C1CC1)N(C)C(=O)N(CCCC(=O)O)C(C)C. The minimum absolute atomic E-state index is 0.0137. The lowest BCUT2D eigenvalue weighted by molar-refractivity contribution is -0.137. The summed E-state index contributed by atoms with van der Waals surface area (Å²) in [7, 11) is 1.85. The van der Waals surface area contributed by atoms with Crippen LogP contribution < -0.4 is 0 Å². The van der Waals surface area contributed by atoms with E-state index in [9.17, 15) is 9.59 Å². The number of carbonyl (C=O) groups is 2. The summed E-state index contributed by atoms with van der Waals surface area (Å²) < 4.78 is 0. The van der Waals surface area contributed by atoms with E-state index in [4.69, 9.17) is 5.11 Å². The van der Waals surface area contributed by atoms with Crippen LogP contribution in [-0.2, 0) is 4.79 Å². The van der Waals surface area contributed by atoms with Crippen LogP contribution in [0.3, 0.4) is 0 Å². The first-order valence-electron chi connectivity index (χ1n) is 7.09. The molecule has 0 saturated heterocycles. The number of aliphatic carboxylic acids is 1. The van der Waals surface area contributed by atoms with Crippen LogP contribution in [0.4, 0.5) is 4.79 Å². The fourth-order valence-electron chi connectivity index (χ4n) is 2.25. The van der Waals surface area contributed by atoms with Crippen LogP contribution >= 0.6 is 0 Å². The van der Waals surface area contributed by atoms with Gasteiger partial charge in [-0.2, -0.15) is 0 Å². The van der Waals surface area contributed by atoms with Gasteiger partial charge in [-0.25, -0.2) is 4.79 Å². The first-order valence-corrected chi connectivity index (χ1v) is 7.09. The first kappa shape index (κ1) is 15.8. The minimum atomic E-state index is -0.809. The standard InChI is InChI=1S/C14H26N2O3/c1-10(2)16(9-5-6-13(17)18)14(19)15(4)11(3)12-7-8-12/h10-12H,5-9H2,1-4H3,(H,17,18). The Morgan fingerprint density at radius 3 is 2.26 bits per heavy atom. The molecule has 1 atom stereocenters. The van der Waals surface area contributed by atoms with Crippen molar-refractivity contribution in [2.75, 3.05) is 13.6 Å². The molecule has 0 radical (unpaired) electrons. The van der Waals surface area contributed by atoms with E-state index in [2.05, 4.69) is 6.92 Å². The number of carbonyl (C=O) groups excluding carboxylic acids is 1. The molecule has 1 saturated carbocycles. The molecule has 2 amide bonds. The Bertz CT molecular complexity index is 327. The summed E-state index contributed by atoms with van der Waals surface area (Å²) in [6.07, 6.45) is 3.03. The fourth-order valence-corrected chi connectivity index (χ4v) is 2.25. The second kappa shape index (κ2) is 6.78. The highest BCUT2D eigenvalue weighted by atomic mass is 16.4. The molecule has 1 fully saturated rings. The van der Waals surface area contributed by atoms with E-state index in [-0.39, 0.29) is 24.5 Å². The maximum absolute atomic E-state index is 12.4. The number of rotatable bonds is 7. The third-order valence-corrected chi connectivity index (χ3v) is 3.88. The van der Waals surface area contributed by atoms with Crippen molar-refractivity contribution in [1.82, 2.24) is 9.80 Å². The normalized spacial score (nSPS) is 16.3. The Hall–Kier alpha value is -1.26. The maximum Gasteiger partial charge on any atom is 0.320 e. The molecule has 1 N–H and O–H groups in total. The van der Waals surface area contributed by atoms with Gasteiger partial charge >= 0.3 is 12.0 Å². The molecular weight excluding hydrogens is 244 g/mol. The zero-order valence-corrected chi connectivity index (χ0v) is 12.4. The van der Waals surface area contributed by atoms with Gasteiger partial charge in [0.25, 0.3) is 0 Å². The average Bonchev–Trinajstić information content (AvgIpc) is 3.15. The fraction of sp³-hybridized carbons (Fsp3) is 0.857. The highest BCUT2D eigenvalue weighted by molar-refractivity contribution is 5.75. The molecule has 5 heteroatoms. The van der Waals surface area contributed by atoms with E-state index in [1.165, 1.54) is 12.8 Å². The topological polar surface area (TPSA) is 60.9 Å². The molecule has 19 heavy (non-hydrogen) atoms. The van der Waals surface area contributed by atoms with Gasteiger partial charge in [0.15, 0.2) is 0 Å². The van der Waals surface area contributed by atoms with E-state index < -0.39 is 5.97 Å². The smallest absolute Gasteiger partial charge is 0.320 e. The van der Waals surface area contributed by atoms with Crippen LogP contribution in [0.2, 0.25) is 0 Å². The Morgan fingerprint density at radius 1 is 1.26 bits per heavy atom. The van der Waals surface area contributed by atoms with Gasteiger partial charge in [0, 0.05) is 32.1 Å². The molecule has 0 heterocycles. The number of hydrogen-bond acceptors (Lipinski definition) is 2. The van der Waals surface area contributed by atoms with E-state index in [1.807, 2.05) is 20.9 Å². The quantitative estimate of drug-likeness (QED) is 0.772. The molecule has 0 bridgehead atoms. The van der Waals surface area contributed by atoms with E-state index in [0.29, 0.717) is 18.9 Å². The predicted octanol–water partition coefficient (Wildman–Crippen LogP) is 2.41. The van der Waals surface area contributed by atoms with E-state index in [1.54, 1.807) is 9.80 Å². The number of carboxylic acid groups (broad SMARTS) is 1. The summed E-state index contributed by atoms with van der Waals surface area (Å²) in [5.74, 6) is -0.169. The minimum Gasteiger partial charge on any atom is -0.481 e. The van der Waals surface area contributed by atoms with Gasteiger partial charge < -0.3 is 14.9 Å². The molecule has 1 unspecified atom stereocenters. The van der Waals surface area contributed by atoms with Crippen LogP contribution in [-0.4, -0.2) is 52.6 Å². The van der Waals surface area contributed by atoms with Gasteiger partial charge in [0.05, 0.1) is 0 Å². The van der Waals surface area contributed by atoms with Gasteiger partial charge in [-0.1, -0.05) is 0 Å². The number of carboxylic acids is 1. The van der Waals surface area contributed by atoms with Crippen LogP contribution in [0.1, 0.15) is 46.5 Å². The highest BCUT2D eigenvalue weighted by Gasteiger charge is 2.34. The highest BCUT2D eigenvalue weighted by Crippen LogP contribution is 2.35. The van der Waals surface area contributed by atoms with Gasteiger partial charge in [-0.05, 0) is 46.0 Å². The number of hydrogen-bond donors (Lipinski definition) is 1. The molecule has 0 aromatic heterocycles. The molecule has 0 aromatic carbocycles. The molecular formula is C14H26N2O3. The third kappa shape index (κ3) is 4.73. The van der Waals surface area contributed by atoms with Crippen molar-refractivity contribution in [2.45, 2.75) is 58.5 Å². The lowest BCUT2D eigenvalue weighted by atomic mass is 10.2. The van der Waals surface area contributed by atoms with Crippen LogP contribution in [0, 0.1) is 5.92 Å². The van der Waals surface area contributed by atoms with Gasteiger partial charge in [0.1, 0.15) is 0 Å². The predicted molar refractivity (Wildman–Crippen MR) is 74.1 cm³/mol. The zero-order valence-electron chi connectivity index (χ0n) is 12.4. The Kier molecular flexibility index (Phi) is 5.63. The van der Waals surface area contributed by atoms with Crippen LogP contribution in [0.5, 0.6) is 0 Å². The molecule has 110 valence electrons. The van der Waals surface area contributed by atoms with Crippen molar-refractivity contribution in [3.05, 3.63) is 0 Å². The second-order valence-electron chi connectivity index (χ2n) is 5.76. The second-order valence-corrected chi connectivity index (χ2v) is 5.76. The average molecular weight is 270 g/mol. The summed E-state index contributed by atoms with van der Waals surface area (Å²) in [5, 5.41) is 8.67. The van der Waals surface area contributed by atoms with Gasteiger partial charge in [-0.3, -0.25) is 4.79 Å². The molecule has 1 aliphatic rings. The lowest BCUT2D eigenvalue weighted by Gasteiger charge is -2.34. The number of nitrogens with zero attached hydrogens (tertiary/aromatic N) is 2. The zero-order chi connectivity index (χ0) is 14.6. The number of amides is 2. The van der Waals surface area contributed by atoms with Gasteiger partial charge in [-0.15, -0.1) is 0 Å². The molecule has 0 aromatic rings. The Balaban J connectivity index is 2.53. The summed E-state index contributed by atoms with van der Waals surface area (Å²) in [6.45, 7) is 6.53. The summed E-state index contributed by atoms with van der Waals surface area (Å²) in [5.41, 5.74) is 0. The number of urea groups is 1. The Morgan fingerprint density at radius 2 is 1.84 bits per heavy atom. The summed E-state index contributed by atoms with van der Waals surface area (Å²) >= 11 is 0.